The highest BCUT2D eigenvalue weighted by Crippen LogP contribution is 2.24. The van der Waals surface area contributed by atoms with Gasteiger partial charge >= 0.3 is 6.09 Å². The molecule has 0 unspecified atom stereocenters. The summed E-state index contributed by atoms with van der Waals surface area (Å²) >= 11 is 0. The van der Waals surface area contributed by atoms with E-state index in [0.29, 0.717) is 6.54 Å². The van der Waals surface area contributed by atoms with Gasteiger partial charge in [-0.3, -0.25) is 4.98 Å². The lowest BCUT2D eigenvalue weighted by Gasteiger charge is -2.26. The van der Waals surface area contributed by atoms with Gasteiger partial charge in [-0.15, -0.1) is 0 Å². The van der Waals surface area contributed by atoms with Gasteiger partial charge in [0, 0.05) is 30.4 Å². The van der Waals surface area contributed by atoms with Crippen molar-refractivity contribution in [3.05, 3.63) is 24.0 Å². The summed E-state index contributed by atoms with van der Waals surface area (Å²) in [6.45, 7) is 10.1. The Bertz CT molecular complexity index is 510. The maximum Gasteiger partial charge on any atom is 0.410 e. The van der Waals surface area contributed by atoms with E-state index in [1.807, 2.05) is 46.8 Å². The van der Waals surface area contributed by atoms with Crippen molar-refractivity contribution < 1.29 is 14.3 Å². The summed E-state index contributed by atoms with van der Waals surface area (Å²) in [5.41, 5.74) is 0.445. The van der Waals surface area contributed by atoms with Crippen LogP contribution in [0.4, 0.5) is 4.79 Å². The number of ether oxygens (including phenoxy) is 2. The zero-order chi connectivity index (χ0) is 15.6. The second-order valence-electron chi connectivity index (χ2n) is 6.59. The Hall–Kier alpha value is -1.78. The van der Waals surface area contributed by atoms with Crippen molar-refractivity contribution in [2.24, 2.45) is 0 Å². The summed E-state index contributed by atoms with van der Waals surface area (Å²) in [7, 11) is 0. The molecule has 0 bridgehead atoms. The van der Waals surface area contributed by atoms with Crippen molar-refractivity contribution in [3.63, 3.8) is 0 Å². The van der Waals surface area contributed by atoms with Gasteiger partial charge in [0.15, 0.2) is 0 Å². The van der Waals surface area contributed by atoms with Crippen LogP contribution >= 0.6 is 0 Å². The van der Waals surface area contributed by atoms with E-state index in [9.17, 15) is 4.79 Å². The standard InChI is InChI=1S/C16H24N2O3/c1-11-8-13(6-7-17-11)20-14-9-12(2)18(10-14)15(19)21-16(3,4)5/h6-8,12,14H,9-10H2,1-5H3/t12-,14+/m0/s1. The van der Waals surface area contributed by atoms with Crippen LogP contribution in [0.2, 0.25) is 0 Å². The van der Waals surface area contributed by atoms with E-state index >= 15 is 0 Å². The summed E-state index contributed by atoms with van der Waals surface area (Å²) in [6, 6.07) is 3.86. The summed E-state index contributed by atoms with van der Waals surface area (Å²) in [5, 5.41) is 0. The van der Waals surface area contributed by atoms with Crippen LogP contribution in [0.15, 0.2) is 18.3 Å². The molecule has 2 heterocycles. The number of nitrogens with zero attached hydrogens (tertiary/aromatic N) is 2. The van der Waals surface area contributed by atoms with Crippen molar-refractivity contribution in [1.82, 2.24) is 9.88 Å². The normalized spacial score (nSPS) is 22.2. The molecule has 0 spiro atoms. The molecule has 0 N–H and O–H groups in total. The molecule has 0 saturated carbocycles. The minimum atomic E-state index is -0.474. The summed E-state index contributed by atoms with van der Waals surface area (Å²) < 4.78 is 11.4. The number of likely N-dealkylation sites (tertiary alicyclic amines) is 1. The summed E-state index contributed by atoms with van der Waals surface area (Å²) in [4.78, 5) is 18.0. The molecule has 2 rings (SSSR count). The molecule has 1 aromatic heterocycles. The number of rotatable bonds is 2. The largest absolute Gasteiger partial charge is 0.488 e. The van der Waals surface area contributed by atoms with Crippen molar-refractivity contribution in [3.8, 4) is 5.75 Å². The number of carbonyl (C=O) groups excluding carboxylic acids is 1. The molecule has 0 aliphatic carbocycles. The van der Waals surface area contributed by atoms with Gasteiger partial charge in [0.2, 0.25) is 0 Å². The Morgan fingerprint density at radius 1 is 1.43 bits per heavy atom. The van der Waals surface area contributed by atoms with E-state index in [-0.39, 0.29) is 18.2 Å². The maximum absolute atomic E-state index is 12.2. The Morgan fingerprint density at radius 3 is 2.76 bits per heavy atom. The Morgan fingerprint density at radius 2 is 2.14 bits per heavy atom. The predicted octanol–water partition coefficient (Wildman–Crippen LogP) is 3.17. The van der Waals surface area contributed by atoms with Gasteiger partial charge in [-0.25, -0.2) is 4.79 Å². The highest BCUT2D eigenvalue weighted by molar-refractivity contribution is 5.69. The van der Waals surface area contributed by atoms with Crippen LogP contribution in [0.5, 0.6) is 5.75 Å². The summed E-state index contributed by atoms with van der Waals surface area (Å²) in [6.07, 6.45) is 2.26. The maximum atomic E-state index is 12.2. The van der Waals surface area contributed by atoms with E-state index in [1.165, 1.54) is 0 Å². The first-order valence-corrected chi connectivity index (χ1v) is 7.33. The van der Waals surface area contributed by atoms with Crippen molar-refractivity contribution >= 4 is 6.09 Å². The van der Waals surface area contributed by atoms with Crippen molar-refractivity contribution in [1.29, 1.82) is 0 Å². The zero-order valence-corrected chi connectivity index (χ0v) is 13.4. The Balaban J connectivity index is 1.96. The Labute approximate surface area is 126 Å². The Kier molecular flexibility index (Phi) is 4.40. The number of pyridine rings is 1. The van der Waals surface area contributed by atoms with Gasteiger partial charge in [-0.1, -0.05) is 0 Å². The average molecular weight is 292 g/mol. The van der Waals surface area contributed by atoms with Crippen LogP contribution in [0.1, 0.15) is 39.8 Å². The first-order chi connectivity index (χ1) is 9.74. The predicted molar refractivity (Wildman–Crippen MR) is 80.4 cm³/mol. The molecular formula is C16H24N2O3. The lowest BCUT2D eigenvalue weighted by molar-refractivity contribution is 0.0224. The first kappa shape index (κ1) is 15.6. The fourth-order valence-electron chi connectivity index (χ4n) is 2.43. The highest BCUT2D eigenvalue weighted by atomic mass is 16.6. The van der Waals surface area contributed by atoms with E-state index in [1.54, 1.807) is 11.1 Å². The van der Waals surface area contributed by atoms with Gasteiger partial charge in [0.25, 0.3) is 0 Å². The number of carbonyl (C=O) groups is 1. The third-order valence-electron chi connectivity index (χ3n) is 3.34. The van der Waals surface area contributed by atoms with E-state index in [0.717, 1.165) is 17.9 Å². The minimum Gasteiger partial charge on any atom is -0.488 e. The number of aromatic nitrogens is 1. The van der Waals surface area contributed by atoms with Crippen LogP contribution in [-0.2, 0) is 4.74 Å². The van der Waals surface area contributed by atoms with Gasteiger partial charge in [-0.05, 0) is 40.7 Å². The quantitative estimate of drug-likeness (QED) is 0.840. The van der Waals surface area contributed by atoms with Gasteiger partial charge in [-0.2, -0.15) is 0 Å². The average Bonchev–Trinajstić information content (AvgIpc) is 2.68. The van der Waals surface area contributed by atoms with Crippen LogP contribution < -0.4 is 4.74 Å². The van der Waals surface area contributed by atoms with Gasteiger partial charge in [0.1, 0.15) is 17.5 Å². The van der Waals surface area contributed by atoms with Crippen LogP contribution in [0, 0.1) is 6.92 Å². The fourth-order valence-corrected chi connectivity index (χ4v) is 2.43. The highest BCUT2D eigenvalue weighted by Gasteiger charge is 2.36. The lowest BCUT2D eigenvalue weighted by atomic mass is 10.2. The van der Waals surface area contributed by atoms with Crippen molar-refractivity contribution in [2.45, 2.75) is 58.8 Å². The summed E-state index contributed by atoms with van der Waals surface area (Å²) in [5.74, 6) is 0.797. The van der Waals surface area contributed by atoms with E-state index in [2.05, 4.69) is 4.98 Å². The third-order valence-corrected chi connectivity index (χ3v) is 3.34. The third kappa shape index (κ3) is 4.34. The number of amides is 1. The monoisotopic (exact) mass is 292 g/mol. The van der Waals surface area contributed by atoms with E-state index < -0.39 is 5.60 Å². The SMILES string of the molecule is Cc1cc(O[C@@H]2C[C@H](C)N(C(=O)OC(C)(C)C)C2)ccn1. The molecule has 0 aromatic carbocycles. The van der Waals surface area contributed by atoms with Crippen molar-refractivity contribution in [2.75, 3.05) is 6.54 Å². The van der Waals surface area contributed by atoms with Crippen LogP contribution in [0.25, 0.3) is 0 Å². The van der Waals surface area contributed by atoms with Gasteiger partial charge in [0.05, 0.1) is 6.54 Å². The smallest absolute Gasteiger partial charge is 0.410 e. The number of hydrogen-bond donors (Lipinski definition) is 0. The zero-order valence-electron chi connectivity index (χ0n) is 13.4. The van der Waals surface area contributed by atoms with Crippen LogP contribution in [0.3, 0.4) is 0 Å². The molecular weight excluding hydrogens is 268 g/mol. The molecule has 1 aliphatic heterocycles. The van der Waals surface area contributed by atoms with E-state index in [4.69, 9.17) is 9.47 Å². The topological polar surface area (TPSA) is 51.7 Å². The first-order valence-electron chi connectivity index (χ1n) is 7.33. The van der Waals surface area contributed by atoms with Crippen LogP contribution in [-0.4, -0.2) is 40.3 Å². The minimum absolute atomic E-state index is 0.00526. The molecule has 1 aromatic rings. The van der Waals surface area contributed by atoms with Gasteiger partial charge < -0.3 is 14.4 Å². The number of hydrogen-bond acceptors (Lipinski definition) is 4. The molecule has 2 atom stereocenters. The molecule has 0 radical (unpaired) electrons. The molecule has 5 nitrogen and oxygen atoms in total. The molecule has 116 valence electrons. The molecule has 1 amide bonds. The second kappa shape index (κ2) is 5.92. The molecule has 1 fully saturated rings. The lowest BCUT2D eigenvalue weighted by Crippen LogP contribution is -2.39. The number of aryl methyl sites for hydroxylation is 1. The fraction of sp³-hybridized carbons (Fsp3) is 0.625. The molecule has 1 saturated heterocycles. The molecule has 1 aliphatic rings. The molecule has 5 heteroatoms. The second-order valence-corrected chi connectivity index (χ2v) is 6.59. The molecule has 21 heavy (non-hydrogen) atoms.